The molecule has 0 spiro atoms. The number of amides is 2. The minimum Gasteiger partial charge on any atom is -0.481 e. The molecular formula is C11H20N2O4. The first-order valence-electron chi connectivity index (χ1n) is 5.87. The second kappa shape index (κ2) is 7.11. The van der Waals surface area contributed by atoms with E-state index in [4.69, 9.17) is 9.84 Å². The predicted octanol–water partition coefficient (Wildman–Crippen LogP) is 0.529. The molecule has 0 saturated carbocycles. The van der Waals surface area contributed by atoms with Crippen LogP contribution in [0.25, 0.3) is 0 Å². The van der Waals surface area contributed by atoms with E-state index in [1.807, 2.05) is 0 Å². The first-order chi connectivity index (χ1) is 8.13. The van der Waals surface area contributed by atoms with Crippen LogP contribution in [0.5, 0.6) is 0 Å². The highest BCUT2D eigenvalue weighted by Crippen LogP contribution is 2.19. The second-order valence-corrected chi connectivity index (χ2v) is 4.28. The number of likely N-dealkylation sites (tertiary alicyclic amines) is 1. The topological polar surface area (TPSA) is 78.9 Å². The largest absolute Gasteiger partial charge is 0.481 e. The van der Waals surface area contributed by atoms with Crippen molar-refractivity contribution in [3.63, 3.8) is 0 Å². The predicted molar refractivity (Wildman–Crippen MR) is 61.8 cm³/mol. The molecule has 0 radical (unpaired) electrons. The summed E-state index contributed by atoms with van der Waals surface area (Å²) in [6, 6.07) is -0.128. The number of ether oxygens (including phenoxy) is 1. The highest BCUT2D eigenvalue weighted by atomic mass is 16.5. The van der Waals surface area contributed by atoms with E-state index in [1.165, 1.54) is 0 Å². The van der Waals surface area contributed by atoms with E-state index in [-0.39, 0.29) is 18.4 Å². The van der Waals surface area contributed by atoms with Crippen LogP contribution in [-0.2, 0) is 9.53 Å². The van der Waals surface area contributed by atoms with Crippen LogP contribution in [0.2, 0.25) is 0 Å². The molecule has 17 heavy (non-hydrogen) atoms. The zero-order valence-corrected chi connectivity index (χ0v) is 10.1. The molecule has 0 aromatic carbocycles. The molecule has 6 heteroatoms. The molecule has 1 heterocycles. The van der Waals surface area contributed by atoms with Crippen molar-refractivity contribution in [2.24, 2.45) is 5.92 Å². The number of rotatable bonds is 5. The van der Waals surface area contributed by atoms with Crippen LogP contribution in [0.15, 0.2) is 0 Å². The first kappa shape index (κ1) is 13.8. The van der Waals surface area contributed by atoms with Crippen molar-refractivity contribution in [2.75, 3.05) is 33.4 Å². The number of carboxylic acid groups (broad SMARTS) is 1. The van der Waals surface area contributed by atoms with Crippen molar-refractivity contribution < 1.29 is 19.4 Å². The van der Waals surface area contributed by atoms with E-state index in [0.29, 0.717) is 26.2 Å². The summed E-state index contributed by atoms with van der Waals surface area (Å²) < 4.78 is 4.84. The van der Waals surface area contributed by atoms with Gasteiger partial charge in [-0.1, -0.05) is 0 Å². The Morgan fingerprint density at radius 1 is 1.53 bits per heavy atom. The zero-order chi connectivity index (χ0) is 12.7. The van der Waals surface area contributed by atoms with Crippen molar-refractivity contribution in [1.29, 1.82) is 0 Å². The lowest BCUT2D eigenvalue weighted by atomic mass is 9.95. The van der Waals surface area contributed by atoms with Gasteiger partial charge in [-0.3, -0.25) is 4.79 Å². The molecule has 1 aliphatic heterocycles. The van der Waals surface area contributed by atoms with Gasteiger partial charge in [0.2, 0.25) is 0 Å². The Morgan fingerprint density at radius 2 is 2.29 bits per heavy atom. The van der Waals surface area contributed by atoms with E-state index >= 15 is 0 Å². The Hall–Kier alpha value is -1.30. The number of aliphatic carboxylic acids is 1. The van der Waals surface area contributed by atoms with Crippen LogP contribution in [0, 0.1) is 5.92 Å². The van der Waals surface area contributed by atoms with Crippen LogP contribution in [-0.4, -0.2) is 55.4 Å². The summed E-state index contributed by atoms with van der Waals surface area (Å²) >= 11 is 0. The molecule has 1 fully saturated rings. The standard InChI is InChI=1S/C11H20N2O4/c1-17-6-4-12-11(16)13-5-2-3-9(8-13)7-10(14)15/h9H,2-8H2,1H3,(H,12,16)(H,14,15). The minimum absolute atomic E-state index is 0.0782. The van der Waals surface area contributed by atoms with E-state index in [1.54, 1.807) is 12.0 Å². The lowest BCUT2D eigenvalue weighted by Crippen LogP contribution is -2.46. The summed E-state index contributed by atoms with van der Waals surface area (Å²) in [4.78, 5) is 24.0. The summed E-state index contributed by atoms with van der Waals surface area (Å²) in [7, 11) is 1.58. The molecule has 1 rings (SSSR count). The normalized spacial score (nSPS) is 20.1. The Labute approximate surface area is 101 Å². The van der Waals surface area contributed by atoms with Gasteiger partial charge in [0.25, 0.3) is 0 Å². The van der Waals surface area contributed by atoms with Gasteiger partial charge in [-0.05, 0) is 18.8 Å². The van der Waals surface area contributed by atoms with Gasteiger partial charge >= 0.3 is 12.0 Å². The summed E-state index contributed by atoms with van der Waals surface area (Å²) in [6.07, 6.45) is 1.89. The average molecular weight is 244 g/mol. The van der Waals surface area contributed by atoms with Crippen LogP contribution in [0.1, 0.15) is 19.3 Å². The molecule has 2 amide bonds. The second-order valence-electron chi connectivity index (χ2n) is 4.28. The number of nitrogens with one attached hydrogen (secondary N) is 1. The fourth-order valence-corrected chi connectivity index (χ4v) is 2.03. The van der Waals surface area contributed by atoms with E-state index < -0.39 is 5.97 Å². The molecule has 6 nitrogen and oxygen atoms in total. The van der Waals surface area contributed by atoms with Crippen LogP contribution < -0.4 is 5.32 Å². The van der Waals surface area contributed by atoms with Gasteiger partial charge in [-0.15, -0.1) is 0 Å². The van der Waals surface area contributed by atoms with Gasteiger partial charge in [-0.2, -0.15) is 0 Å². The number of carbonyl (C=O) groups is 2. The van der Waals surface area contributed by atoms with Gasteiger partial charge in [0, 0.05) is 33.2 Å². The van der Waals surface area contributed by atoms with E-state index in [2.05, 4.69) is 5.32 Å². The van der Waals surface area contributed by atoms with Crippen molar-refractivity contribution in [3.8, 4) is 0 Å². The Morgan fingerprint density at radius 3 is 2.94 bits per heavy atom. The molecule has 0 bridgehead atoms. The fraction of sp³-hybridized carbons (Fsp3) is 0.818. The van der Waals surface area contributed by atoms with Gasteiger partial charge in [0.15, 0.2) is 0 Å². The highest BCUT2D eigenvalue weighted by molar-refractivity contribution is 5.74. The molecule has 1 aliphatic rings. The minimum atomic E-state index is -0.795. The maximum atomic E-state index is 11.7. The van der Waals surface area contributed by atoms with Crippen molar-refractivity contribution in [3.05, 3.63) is 0 Å². The number of hydrogen-bond donors (Lipinski definition) is 2. The molecule has 0 aromatic heterocycles. The average Bonchev–Trinajstić information content (AvgIpc) is 2.28. The molecule has 2 N–H and O–H groups in total. The third kappa shape index (κ3) is 5.04. The smallest absolute Gasteiger partial charge is 0.317 e. The highest BCUT2D eigenvalue weighted by Gasteiger charge is 2.24. The Bertz CT molecular complexity index is 270. The number of nitrogens with zero attached hydrogens (tertiary/aromatic N) is 1. The van der Waals surface area contributed by atoms with Crippen LogP contribution in [0.4, 0.5) is 4.79 Å². The summed E-state index contributed by atoms with van der Waals surface area (Å²) in [6.45, 7) is 2.20. The quantitative estimate of drug-likeness (QED) is 0.691. The number of methoxy groups -OCH3 is 1. The van der Waals surface area contributed by atoms with Gasteiger partial charge in [-0.25, -0.2) is 4.79 Å². The van der Waals surface area contributed by atoms with Crippen molar-refractivity contribution in [2.45, 2.75) is 19.3 Å². The Kier molecular flexibility index (Phi) is 5.76. The third-order valence-electron chi connectivity index (χ3n) is 2.85. The van der Waals surface area contributed by atoms with Crippen LogP contribution >= 0.6 is 0 Å². The zero-order valence-electron chi connectivity index (χ0n) is 10.1. The first-order valence-corrected chi connectivity index (χ1v) is 5.87. The summed E-state index contributed by atoms with van der Waals surface area (Å²) in [5, 5.41) is 11.5. The van der Waals surface area contributed by atoms with E-state index in [0.717, 1.165) is 12.8 Å². The van der Waals surface area contributed by atoms with Gasteiger partial charge in [0.05, 0.1) is 6.61 Å². The number of hydrogen-bond acceptors (Lipinski definition) is 3. The van der Waals surface area contributed by atoms with Crippen molar-refractivity contribution >= 4 is 12.0 Å². The third-order valence-corrected chi connectivity index (χ3v) is 2.85. The van der Waals surface area contributed by atoms with Gasteiger partial charge in [0.1, 0.15) is 0 Å². The lowest BCUT2D eigenvalue weighted by Gasteiger charge is -2.32. The molecular weight excluding hydrogens is 224 g/mol. The number of carboxylic acids is 1. The Balaban J connectivity index is 2.32. The summed E-state index contributed by atoms with van der Waals surface area (Å²) in [5.41, 5.74) is 0. The molecule has 98 valence electrons. The molecule has 0 aromatic rings. The maximum Gasteiger partial charge on any atom is 0.317 e. The summed E-state index contributed by atoms with van der Waals surface area (Å²) in [5.74, 6) is -0.717. The maximum absolute atomic E-state index is 11.7. The fourth-order valence-electron chi connectivity index (χ4n) is 2.03. The number of piperidine rings is 1. The number of urea groups is 1. The SMILES string of the molecule is COCCNC(=O)N1CCCC(CC(=O)O)C1. The molecule has 1 atom stereocenters. The number of carbonyl (C=O) groups excluding carboxylic acids is 1. The lowest BCUT2D eigenvalue weighted by molar-refractivity contribution is -0.138. The van der Waals surface area contributed by atoms with Crippen molar-refractivity contribution in [1.82, 2.24) is 10.2 Å². The van der Waals surface area contributed by atoms with Gasteiger partial charge < -0.3 is 20.1 Å². The molecule has 1 saturated heterocycles. The van der Waals surface area contributed by atoms with E-state index in [9.17, 15) is 9.59 Å². The molecule has 0 aliphatic carbocycles. The monoisotopic (exact) mass is 244 g/mol. The van der Waals surface area contributed by atoms with Crippen LogP contribution in [0.3, 0.4) is 0 Å². The molecule has 1 unspecified atom stereocenters.